The van der Waals surface area contributed by atoms with Crippen LogP contribution in [-0.4, -0.2) is 11.8 Å². The summed E-state index contributed by atoms with van der Waals surface area (Å²) in [5.41, 5.74) is 7.65. The summed E-state index contributed by atoms with van der Waals surface area (Å²) in [5, 5.41) is 0.323. The maximum atomic E-state index is 12.5. The summed E-state index contributed by atoms with van der Waals surface area (Å²) in [6, 6.07) is 23.8. The minimum atomic E-state index is -0.468. The van der Waals surface area contributed by atoms with Crippen LogP contribution in [0, 0.1) is 0 Å². The fourth-order valence-electron chi connectivity index (χ4n) is 2.61. The summed E-state index contributed by atoms with van der Waals surface area (Å²) < 4.78 is 0. The van der Waals surface area contributed by atoms with Crippen molar-refractivity contribution < 1.29 is 9.59 Å². The van der Waals surface area contributed by atoms with Gasteiger partial charge in [0.15, 0.2) is 0 Å². The monoisotopic (exact) mass is 364 g/mol. The van der Waals surface area contributed by atoms with Gasteiger partial charge in [0, 0.05) is 5.56 Å². The second-order valence-electron chi connectivity index (χ2n) is 5.71. The van der Waals surface area contributed by atoms with Crippen molar-refractivity contribution in [2.24, 2.45) is 0 Å². The molecule has 0 heterocycles. The zero-order valence-electron chi connectivity index (χ0n) is 13.9. The lowest BCUT2D eigenvalue weighted by atomic mass is 9.99. The van der Waals surface area contributed by atoms with Crippen molar-refractivity contribution in [3.63, 3.8) is 0 Å². The Balaban J connectivity index is 1.70. The quantitative estimate of drug-likeness (QED) is 0.687. The van der Waals surface area contributed by atoms with Crippen LogP contribution in [0.1, 0.15) is 31.8 Å². The van der Waals surface area contributed by atoms with Gasteiger partial charge in [-0.25, -0.2) is 0 Å². The number of hydrogen-bond donors (Lipinski definition) is 2. The van der Waals surface area contributed by atoms with Crippen LogP contribution in [0.5, 0.6) is 0 Å². The molecule has 0 radical (unpaired) electrons. The zero-order chi connectivity index (χ0) is 18.4. The highest BCUT2D eigenvalue weighted by Crippen LogP contribution is 2.15. The molecule has 0 aromatic heterocycles. The molecule has 4 nitrogen and oxygen atoms in total. The molecule has 0 aliphatic carbocycles. The Bertz CT molecular complexity index is 926. The van der Waals surface area contributed by atoms with E-state index in [1.807, 2.05) is 42.5 Å². The predicted octanol–water partition coefficient (Wildman–Crippen LogP) is 4.01. The lowest BCUT2D eigenvalue weighted by Gasteiger charge is -2.12. The molecule has 0 saturated heterocycles. The molecule has 0 spiro atoms. The first-order valence-corrected chi connectivity index (χ1v) is 8.50. The third kappa shape index (κ3) is 4.29. The van der Waals surface area contributed by atoms with E-state index in [1.54, 1.807) is 36.4 Å². The Labute approximate surface area is 156 Å². The maximum absolute atomic E-state index is 12.5. The number of rotatable bonds is 4. The molecular formula is C21H17ClN2O2. The van der Waals surface area contributed by atoms with E-state index >= 15 is 0 Å². The van der Waals surface area contributed by atoms with Crippen molar-refractivity contribution >= 4 is 23.4 Å². The molecule has 0 bridgehead atoms. The first-order valence-electron chi connectivity index (χ1n) is 8.12. The fraction of sp³-hybridized carbons (Fsp3) is 0.0476. The number of hydrogen-bond acceptors (Lipinski definition) is 2. The molecule has 0 aliphatic heterocycles. The number of carbonyl (C=O) groups excluding carboxylic acids is 2. The van der Waals surface area contributed by atoms with E-state index in [4.69, 9.17) is 11.6 Å². The number of carbonyl (C=O) groups is 2. The molecule has 130 valence electrons. The summed E-state index contributed by atoms with van der Waals surface area (Å²) in [6.07, 6.45) is 0.628. The summed E-state index contributed by atoms with van der Waals surface area (Å²) in [6.45, 7) is 0. The van der Waals surface area contributed by atoms with E-state index in [-0.39, 0.29) is 5.91 Å². The van der Waals surface area contributed by atoms with Gasteiger partial charge in [0.05, 0.1) is 10.6 Å². The average molecular weight is 365 g/mol. The van der Waals surface area contributed by atoms with Crippen LogP contribution < -0.4 is 10.9 Å². The second kappa shape index (κ2) is 8.32. The first kappa shape index (κ1) is 17.7. The molecule has 0 aliphatic rings. The smallest absolute Gasteiger partial charge is 0.267 e. The average Bonchev–Trinajstić information content (AvgIpc) is 2.67. The van der Waals surface area contributed by atoms with Crippen LogP contribution in [0.3, 0.4) is 0 Å². The lowest BCUT2D eigenvalue weighted by molar-refractivity contribution is 0.0846. The molecule has 0 unspecified atom stereocenters. The summed E-state index contributed by atoms with van der Waals surface area (Å²) >= 11 is 5.99. The van der Waals surface area contributed by atoms with E-state index in [2.05, 4.69) is 10.9 Å². The lowest BCUT2D eigenvalue weighted by Crippen LogP contribution is -2.42. The Morgan fingerprint density at radius 1 is 0.692 bits per heavy atom. The van der Waals surface area contributed by atoms with Gasteiger partial charge in [-0.05, 0) is 35.7 Å². The van der Waals surface area contributed by atoms with E-state index in [0.29, 0.717) is 22.6 Å². The number of halogens is 1. The maximum Gasteiger partial charge on any atom is 0.271 e. The Hall–Kier alpha value is -3.11. The van der Waals surface area contributed by atoms with Crippen molar-refractivity contribution in [1.82, 2.24) is 10.9 Å². The highest BCUT2D eigenvalue weighted by molar-refractivity contribution is 6.33. The van der Waals surface area contributed by atoms with Crippen molar-refractivity contribution in [3.8, 4) is 0 Å². The van der Waals surface area contributed by atoms with Gasteiger partial charge in [0.1, 0.15) is 0 Å². The normalized spacial score (nSPS) is 10.2. The SMILES string of the molecule is O=C(NNC(=O)c1ccccc1Cc1ccccc1)c1ccccc1Cl. The van der Waals surface area contributed by atoms with Crippen LogP contribution >= 0.6 is 11.6 Å². The third-order valence-electron chi connectivity index (χ3n) is 3.91. The molecule has 26 heavy (non-hydrogen) atoms. The molecule has 3 aromatic rings. The van der Waals surface area contributed by atoms with Crippen LogP contribution in [0.2, 0.25) is 5.02 Å². The second-order valence-corrected chi connectivity index (χ2v) is 6.11. The van der Waals surface area contributed by atoms with Crippen molar-refractivity contribution in [3.05, 3.63) is 106 Å². The van der Waals surface area contributed by atoms with Gasteiger partial charge in [-0.3, -0.25) is 20.4 Å². The van der Waals surface area contributed by atoms with Crippen molar-refractivity contribution in [2.45, 2.75) is 6.42 Å². The molecule has 2 N–H and O–H groups in total. The molecular weight excluding hydrogens is 348 g/mol. The minimum Gasteiger partial charge on any atom is -0.267 e. The van der Waals surface area contributed by atoms with Gasteiger partial charge in [0.25, 0.3) is 11.8 Å². The first-order chi connectivity index (χ1) is 12.6. The topological polar surface area (TPSA) is 58.2 Å². The van der Waals surface area contributed by atoms with Gasteiger partial charge in [0.2, 0.25) is 0 Å². The number of nitrogens with one attached hydrogen (secondary N) is 2. The summed E-state index contributed by atoms with van der Waals surface area (Å²) in [4.78, 5) is 24.7. The Kier molecular flexibility index (Phi) is 5.66. The van der Waals surface area contributed by atoms with E-state index < -0.39 is 5.91 Å². The van der Waals surface area contributed by atoms with Crippen molar-refractivity contribution in [1.29, 1.82) is 0 Å². The van der Waals surface area contributed by atoms with E-state index in [1.165, 1.54) is 0 Å². The molecule has 0 atom stereocenters. The van der Waals surface area contributed by atoms with Gasteiger partial charge >= 0.3 is 0 Å². The Morgan fingerprint density at radius 2 is 1.23 bits per heavy atom. The molecule has 3 aromatic carbocycles. The molecule has 0 fully saturated rings. The standard InChI is InChI=1S/C21H17ClN2O2/c22-19-13-7-6-12-18(19)21(26)24-23-20(25)17-11-5-4-10-16(17)14-15-8-2-1-3-9-15/h1-13H,14H2,(H,23,25)(H,24,26). The molecule has 3 rings (SSSR count). The van der Waals surface area contributed by atoms with Crippen LogP contribution in [-0.2, 0) is 6.42 Å². The largest absolute Gasteiger partial charge is 0.271 e. The Morgan fingerprint density at radius 3 is 1.92 bits per heavy atom. The number of benzene rings is 3. The number of hydrazine groups is 1. The van der Waals surface area contributed by atoms with Gasteiger partial charge in [-0.1, -0.05) is 72.3 Å². The molecule has 0 saturated carbocycles. The fourth-order valence-corrected chi connectivity index (χ4v) is 2.83. The van der Waals surface area contributed by atoms with Gasteiger partial charge in [-0.15, -0.1) is 0 Å². The summed E-state index contributed by atoms with van der Waals surface area (Å²) in [5.74, 6) is -0.846. The predicted molar refractivity (Wildman–Crippen MR) is 102 cm³/mol. The molecule has 2 amide bonds. The molecule has 5 heteroatoms. The summed E-state index contributed by atoms with van der Waals surface area (Å²) in [7, 11) is 0. The highest BCUT2D eigenvalue weighted by Gasteiger charge is 2.14. The van der Waals surface area contributed by atoms with Crippen LogP contribution in [0.4, 0.5) is 0 Å². The van der Waals surface area contributed by atoms with Gasteiger partial charge < -0.3 is 0 Å². The van der Waals surface area contributed by atoms with Crippen LogP contribution in [0.15, 0.2) is 78.9 Å². The van der Waals surface area contributed by atoms with Gasteiger partial charge in [-0.2, -0.15) is 0 Å². The van der Waals surface area contributed by atoms with E-state index in [0.717, 1.165) is 11.1 Å². The third-order valence-corrected chi connectivity index (χ3v) is 4.24. The zero-order valence-corrected chi connectivity index (χ0v) is 14.7. The minimum absolute atomic E-state index is 0.298. The van der Waals surface area contributed by atoms with Crippen molar-refractivity contribution in [2.75, 3.05) is 0 Å². The highest BCUT2D eigenvalue weighted by atomic mass is 35.5. The van der Waals surface area contributed by atoms with Crippen LogP contribution in [0.25, 0.3) is 0 Å². The van der Waals surface area contributed by atoms with E-state index in [9.17, 15) is 9.59 Å². The number of amides is 2.